The SMILES string of the molecule is CC1(C)c2ccccc2-c2cc3c4cc(-c5ccccc5)ccc4n(-c4nc(-c5cc(-c6ccccc6)cc(-c6ccccc6)c5)nc(-c5cc(-c6ccccc6)cc(-c6ccccc6)c5)n4)c3cc21. The van der Waals surface area contributed by atoms with Gasteiger partial charge in [-0.3, -0.25) is 4.57 Å². The van der Waals surface area contributed by atoms with E-state index in [1.165, 1.54) is 27.8 Å². The first-order valence-electron chi connectivity index (χ1n) is 24.0. The van der Waals surface area contributed by atoms with Crippen LogP contribution < -0.4 is 0 Å². The molecule has 0 aliphatic heterocycles. The second kappa shape index (κ2) is 16.7. The smallest absolute Gasteiger partial charge is 0.238 e. The van der Waals surface area contributed by atoms with Crippen LogP contribution in [0.1, 0.15) is 25.0 Å². The molecule has 13 rings (SSSR count). The number of fused-ring (bicyclic) bond motifs is 6. The van der Waals surface area contributed by atoms with E-state index in [0.29, 0.717) is 17.6 Å². The molecule has 1 aliphatic rings. The summed E-state index contributed by atoms with van der Waals surface area (Å²) < 4.78 is 2.28. The fourth-order valence-corrected chi connectivity index (χ4v) is 10.7. The largest absolute Gasteiger partial charge is 0.278 e. The van der Waals surface area contributed by atoms with E-state index in [1.807, 2.05) is 0 Å². The molecule has 0 spiro atoms. The van der Waals surface area contributed by atoms with E-state index in [-0.39, 0.29) is 5.41 Å². The van der Waals surface area contributed by atoms with E-state index in [9.17, 15) is 0 Å². The highest BCUT2D eigenvalue weighted by Crippen LogP contribution is 2.51. The molecule has 0 N–H and O–H groups in total. The van der Waals surface area contributed by atoms with Gasteiger partial charge >= 0.3 is 0 Å². The van der Waals surface area contributed by atoms with Crippen molar-refractivity contribution in [2.75, 3.05) is 0 Å². The Morgan fingerprint density at radius 2 is 0.686 bits per heavy atom. The predicted molar refractivity (Wildman–Crippen MR) is 290 cm³/mol. The van der Waals surface area contributed by atoms with E-state index >= 15 is 0 Å². The zero-order valence-corrected chi connectivity index (χ0v) is 38.9. The summed E-state index contributed by atoms with van der Waals surface area (Å²) in [5.74, 6) is 1.73. The molecule has 0 atom stereocenters. The van der Waals surface area contributed by atoms with Crippen LogP contribution in [0.15, 0.2) is 243 Å². The van der Waals surface area contributed by atoms with Crippen LogP contribution in [0.2, 0.25) is 0 Å². The van der Waals surface area contributed by atoms with Gasteiger partial charge in [-0.1, -0.05) is 196 Å². The first-order valence-corrected chi connectivity index (χ1v) is 24.0. The lowest BCUT2D eigenvalue weighted by Gasteiger charge is -2.21. The molecule has 0 bridgehead atoms. The maximum atomic E-state index is 5.59. The van der Waals surface area contributed by atoms with Crippen LogP contribution in [-0.2, 0) is 5.41 Å². The summed E-state index contributed by atoms with van der Waals surface area (Å²) in [6.45, 7) is 4.69. The van der Waals surface area contributed by atoms with Crippen molar-refractivity contribution in [1.82, 2.24) is 19.5 Å². The third-order valence-electron chi connectivity index (χ3n) is 14.2. The summed E-state index contributed by atoms with van der Waals surface area (Å²) in [5, 5.41) is 2.29. The number of aromatic nitrogens is 4. The molecular formula is C66H46N4. The minimum Gasteiger partial charge on any atom is -0.278 e. The molecular weight excluding hydrogens is 849 g/mol. The van der Waals surface area contributed by atoms with Gasteiger partial charge < -0.3 is 0 Å². The van der Waals surface area contributed by atoms with Crippen molar-refractivity contribution in [2.24, 2.45) is 0 Å². The lowest BCUT2D eigenvalue weighted by molar-refractivity contribution is 0.661. The standard InChI is InChI=1S/C66H46N4/c1-66(2)59-31-19-18-30-55(59)56-41-58-57-40-48(43-20-8-3-9-21-43)32-33-61(57)70(62(58)42-60(56)66)65-68-63(53-36-49(44-22-10-4-11-23-44)34-50(37-53)45-24-12-5-13-25-45)67-64(69-65)54-38-51(46-26-14-6-15-27-46)35-52(39-54)47-28-16-7-17-29-47/h3-42H,1-2H3. The summed E-state index contributed by atoms with van der Waals surface area (Å²) in [5.41, 5.74) is 20.0. The molecule has 4 heteroatoms. The monoisotopic (exact) mass is 894 g/mol. The Hall–Kier alpha value is -8.99. The van der Waals surface area contributed by atoms with Crippen LogP contribution in [0.25, 0.3) is 117 Å². The third kappa shape index (κ3) is 7.12. The van der Waals surface area contributed by atoms with Gasteiger partial charge in [0.15, 0.2) is 11.6 Å². The van der Waals surface area contributed by atoms with Crippen LogP contribution in [0.3, 0.4) is 0 Å². The Labute approximate surface area is 407 Å². The average Bonchev–Trinajstić information content (AvgIpc) is 3.87. The second-order valence-corrected chi connectivity index (χ2v) is 18.9. The Kier molecular flexibility index (Phi) is 9.81. The van der Waals surface area contributed by atoms with Crippen LogP contribution in [0, 0.1) is 0 Å². The van der Waals surface area contributed by atoms with Crippen molar-refractivity contribution in [3.05, 3.63) is 254 Å². The normalized spacial score (nSPS) is 12.5. The highest BCUT2D eigenvalue weighted by atomic mass is 15.2. The molecule has 0 fully saturated rings. The fourth-order valence-electron chi connectivity index (χ4n) is 10.7. The Morgan fingerprint density at radius 3 is 1.16 bits per heavy atom. The number of benzene rings is 10. The molecule has 0 unspecified atom stereocenters. The molecule has 2 heterocycles. The second-order valence-electron chi connectivity index (χ2n) is 18.9. The average molecular weight is 895 g/mol. The lowest BCUT2D eigenvalue weighted by Crippen LogP contribution is -2.15. The van der Waals surface area contributed by atoms with Gasteiger partial charge in [-0.05, 0) is 139 Å². The van der Waals surface area contributed by atoms with Crippen molar-refractivity contribution < 1.29 is 0 Å². The molecule has 12 aromatic rings. The Morgan fingerprint density at radius 1 is 0.286 bits per heavy atom. The molecule has 0 saturated carbocycles. The van der Waals surface area contributed by atoms with Gasteiger partial charge in [0.2, 0.25) is 5.95 Å². The zero-order chi connectivity index (χ0) is 46.8. The molecule has 330 valence electrons. The topological polar surface area (TPSA) is 43.6 Å². The molecule has 10 aromatic carbocycles. The van der Waals surface area contributed by atoms with Gasteiger partial charge in [0, 0.05) is 27.3 Å². The van der Waals surface area contributed by atoms with Crippen LogP contribution in [-0.4, -0.2) is 19.5 Å². The van der Waals surface area contributed by atoms with Crippen molar-refractivity contribution >= 4 is 21.8 Å². The van der Waals surface area contributed by atoms with Crippen LogP contribution >= 0.6 is 0 Å². The van der Waals surface area contributed by atoms with Crippen molar-refractivity contribution in [3.63, 3.8) is 0 Å². The van der Waals surface area contributed by atoms with E-state index < -0.39 is 0 Å². The summed E-state index contributed by atoms with van der Waals surface area (Å²) in [7, 11) is 0. The molecule has 0 saturated heterocycles. The molecule has 70 heavy (non-hydrogen) atoms. The van der Waals surface area contributed by atoms with E-state index in [0.717, 1.165) is 83.0 Å². The summed E-state index contributed by atoms with van der Waals surface area (Å²) >= 11 is 0. The Bertz CT molecular complexity index is 3670. The summed E-state index contributed by atoms with van der Waals surface area (Å²) in [4.78, 5) is 16.7. The number of hydrogen-bond acceptors (Lipinski definition) is 3. The van der Waals surface area contributed by atoms with Gasteiger partial charge in [-0.15, -0.1) is 0 Å². The van der Waals surface area contributed by atoms with Gasteiger partial charge in [-0.25, -0.2) is 4.98 Å². The van der Waals surface area contributed by atoms with E-state index in [4.69, 9.17) is 15.0 Å². The number of nitrogens with zero attached hydrogens (tertiary/aromatic N) is 4. The minimum atomic E-state index is -0.219. The maximum Gasteiger partial charge on any atom is 0.238 e. The fraction of sp³-hybridized carbons (Fsp3) is 0.0455. The van der Waals surface area contributed by atoms with Crippen molar-refractivity contribution in [1.29, 1.82) is 0 Å². The summed E-state index contributed by atoms with van der Waals surface area (Å²) in [6, 6.07) is 86.9. The van der Waals surface area contributed by atoms with Crippen molar-refractivity contribution in [3.8, 4) is 95.5 Å². The van der Waals surface area contributed by atoms with Crippen LogP contribution in [0.4, 0.5) is 0 Å². The van der Waals surface area contributed by atoms with Gasteiger partial charge in [0.1, 0.15) is 0 Å². The minimum absolute atomic E-state index is 0.219. The highest BCUT2D eigenvalue weighted by Gasteiger charge is 2.36. The van der Waals surface area contributed by atoms with Crippen molar-refractivity contribution in [2.45, 2.75) is 19.3 Å². The highest BCUT2D eigenvalue weighted by molar-refractivity contribution is 6.12. The maximum absolute atomic E-state index is 5.59. The Balaban J connectivity index is 1.12. The predicted octanol–water partition coefficient (Wildman–Crippen LogP) is 16.9. The molecule has 2 aromatic heterocycles. The summed E-state index contributed by atoms with van der Waals surface area (Å²) in [6.07, 6.45) is 0. The quantitative estimate of drug-likeness (QED) is 0.153. The van der Waals surface area contributed by atoms with E-state index in [1.54, 1.807) is 0 Å². The molecule has 0 amide bonds. The first kappa shape index (κ1) is 41.2. The van der Waals surface area contributed by atoms with Gasteiger partial charge in [-0.2, -0.15) is 9.97 Å². The molecule has 0 radical (unpaired) electrons. The number of rotatable bonds is 8. The van der Waals surface area contributed by atoms with E-state index in [2.05, 4.69) is 261 Å². The third-order valence-corrected chi connectivity index (χ3v) is 14.2. The lowest BCUT2D eigenvalue weighted by atomic mass is 9.82. The zero-order valence-electron chi connectivity index (χ0n) is 38.9. The van der Waals surface area contributed by atoms with Crippen LogP contribution in [0.5, 0.6) is 0 Å². The molecule has 4 nitrogen and oxygen atoms in total. The van der Waals surface area contributed by atoms with Gasteiger partial charge in [0.05, 0.1) is 11.0 Å². The first-order chi connectivity index (χ1) is 34.4. The number of hydrogen-bond donors (Lipinski definition) is 0. The molecule has 1 aliphatic carbocycles. The van der Waals surface area contributed by atoms with Gasteiger partial charge in [0.25, 0.3) is 0 Å².